The standard InChI is InChI=1S/C23H31N3OS/c27-23(25-20-4-1-2-5-20)18-7-9-21(10-8-18)26-15-12-19(13-16-26)24-14-11-22-6-3-17-28-22/h3,6-10,17,19-20,24H,1-2,4-5,11-16H2,(H,25,27). The van der Waals surface area contributed by atoms with E-state index in [1.54, 1.807) is 0 Å². The van der Waals surface area contributed by atoms with Gasteiger partial charge in [-0.15, -0.1) is 11.3 Å². The van der Waals surface area contributed by atoms with Gasteiger partial charge in [0.15, 0.2) is 0 Å². The minimum atomic E-state index is 0.0760. The summed E-state index contributed by atoms with van der Waals surface area (Å²) >= 11 is 1.84. The number of thiophene rings is 1. The van der Waals surface area contributed by atoms with Gasteiger partial charge in [-0.3, -0.25) is 4.79 Å². The maximum Gasteiger partial charge on any atom is 0.251 e. The van der Waals surface area contributed by atoms with E-state index in [4.69, 9.17) is 0 Å². The van der Waals surface area contributed by atoms with Gasteiger partial charge in [0.2, 0.25) is 0 Å². The zero-order valence-corrected chi connectivity index (χ0v) is 17.3. The predicted molar refractivity (Wildman–Crippen MR) is 117 cm³/mol. The number of carbonyl (C=O) groups excluding carboxylic acids is 1. The number of amides is 1. The molecule has 28 heavy (non-hydrogen) atoms. The zero-order valence-electron chi connectivity index (χ0n) is 16.5. The number of hydrogen-bond acceptors (Lipinski definition) is 4. The van der Waals surface area contributed by atoms with Crippen molar-refractivity contribution in [1.29, 1.82) is 0 Å². The molecule has 0 spiro atoms. The van der Waals surface area contributed by atoms with Crippen molar-refractivity contribution >= 4 is 22.9 Å². The van der Waals surface area contributed by atoms with Crippen LogP contribution < -0.4 is 15.5 Å². The monoisotopic (exact) mass is 397 g/mol. The average molecular weight is 398 g/mol. The van der Waals surface area contributed by atoms with Crippen LogP contribution in [-0.2, 0) is 6.42 Å². The summed E-state index contributed by atoms with van der Waals surface area (Å²) in [7, 11) is 0. The molecule has 5 heteroatoms. The van der Waals surface area contributed by atoms with E-state index in [0.29, 0.717) is 12.1 Å². The Bertz CT molecular complexity index is 730. The Morgan fingerprint density at radius 1 is 1.00 bits per heavy atom. The van der Waals surface area contributed by atoms with Gasteiger partial charge < -0.3 is 15.5 Å². The molecule has 2 heterocycles. The largest absolute Gasteiger partial charge is 0.371 e. The number of piperidine rings is 1. The molecule has 0 atom stereocenters. The summed E-state index contributed by atoms with van der Waals surface area (Å²) in [5.74, 6) is 0.0760. The molecule has 1 aromatic carbocycles. The number of benzene rings is 1. The van der Waals surface area contributed by atoms with Crippen LogP contribution in [0.5, 0.6) is 0 Å². The molecule has 1 saturated carbocycles. The van der Waals surface area contributed by atoms with Crippen LogP contribution in [0, 0.1) is 0 Å². The van der Waals surface area contributed by atoms with Gasteiger partial charge in [-0.1, -0.05) is 18.9 Å². The fourth-order valence-electron chi connectivity index (χ4n) is 4.36. The van der Waals surface area contributed by atoms with Crippen molar-refractivity contribution in [3.05, 3.63) is 52.2 Å². The summed E-state index contributed by atoms with van der Waals surface area (Å²) in [5, 5.41) is 9.04. The molecule has 2 aliphatic rings. The molecule has 0 unspecified atom stereocenters. The van der Waals surface area contributed by atoms with Crippen molar-refractivity contribution in [2.24, 2.45) is 0 Å². The van der Waals surface area contributed by atoms with E-state index in [2.05, 4.69) is 45.2 Å². The fourth-order valence-corrected chi connectivity index (χ4v) is 5.07. The molecule has 2 fully saturated rings. The highest BCUT2D eigenvalue weighted by molar-refractivity contribution is 7.09. The van der Waals surface area contributed by atoms with Crippen LogP contribution in [-0.4, -0.2) is 37.6 Å². The van der Waals surface area contributed by atoms with Crippen LogP contribution in [0.4, 0.5) is 5.69 Å². The molecular weight excluding hydrogens is 366 g/mol. The molecule has 1 amide bonds. The van der Waals surface area contributed by atoms with Crippen LogP contribution >= 0.6 is 11.3 Å². The van der Waals surface area contributed by atoms with Crippen LogP contribution in [0.2, 0.25) is 0 Å². The highest BCUT2D eigenvalue weighted by Crippen LogP contribution is 2.22. The van der Waals surface area contributed by atoms with E-state index in [1.807, 2.05) is 23.5 Å². The van der Waals surface area contributed by atoms with Crippen molar-refractivity contribution in [1.82, 2.24) is 10.6 Å². The number of nitrogens with one attached hydrogen (secondary N) is 2. The lowest BCUT2D eigenvalue weighted by Crippen LogP contribution is -2.43. The van der Waals surface area contributed by atoms with Crippen molar-refractivity contribution in [3.8, 4) is 0 Å². The van der Waals surface area contributed by atoms with E-state index in [0.717, 1.165) is 44.5 Å². The smallest absolute Gasteiger partial charge is 0.251 e. The number of rotatable bonds is 7. The molecule has 4 nitrogen and oxygen atoms in total. The van der Waals surface area contributed by atoms with Gasteiger partial charge in [0.25, 0.3) is 5.91 Å². The summed E-state index contributed by atoms with van der Waals surface area (Å²) in [4.78, 5) is 16.3. The third kappa shape index (κ3) is 5.15. The molecule has 4 rings (SSSR count). The molecule has 150 valence electrons. The summed E-state index contributed by atoms with van der Waals surface area (Å²) in [5.41, 5.74) is 2.01. The van der Waals surface area contributed by atoms with Crippen molar-refractivity contribution < 1.29 is 4.79 Å². The molecule has 2 N–H and O–H groups in total. The Morgan fingerprint density at radius 3 is 2.43 bits per heavy atom. The van der Waals surface area contributed by atoms with Crippen LogP contribution in [0.15, 0.2) is 41.8 Å². The Hall–Kier alpha value is -1.85. The first kappa shape index (κ1) is 19.5. The second kappa shape index (κ2) is 9.57. The Morgan fingerprint density at radius 2 is 1.75 bits per heavy atom. The molecule has 1 saturated heterocycles. The maximum absolute atomic E-state index is 12.4. The van der Waals surface area contributed by atoms with Gasteiger partial charge in [-0.25, -0.2) is 0 Å². The number of carbonyl (C=O) groups is 1. The fraction of sp³-hybridized carbons (Fsp3) is 0.522. The first-order valence-electron chi connectivity index (χ1n) is 10.7. The third-order valence-electron chi connectivity index (χ3n) is 6.06. The molecule has 1 aliphatic heterocycles. The molecule has 1 aliphatic carbocycles. The maximum atomic E-state index is 12.4. The Labute approximate surface area is 172 Å². The lowest BCUT2D eigenvalue weighted by molar-refractivity contribution is 0.0938. The van der Waals surface area contributed by atoms with E-state index >= 15 is 0 Å². The average Bonchev–Trinajstić information content (AvgIpc) is 3.43. The Balaban J connectivity index is 1.21. The number of nitrogens with zero attached hydrogens (tertiary/aromatic N) is 1. The summed E-state index contributed by atoms with van der Waals surface area (Å²) in [6, 6.07) is 13.5. The van der Waals surface area contributed by atoms with Crippen molar-refractivity contribution in [3.63, 3.8) is 0 Å². The normalized spacial score (nSPS) is 18.5. The lowest BCUT2D eigenvalue weighted by atomic mass is 10.0. The highest BCUT2D eigenvalue weighted by Gasteiger charge is 2.20. The second-order valence-electron chi connectivity index (χ2n) is 8.05. The van der Waals surface area contributed by atoms with Gasteiger partial charge in [-0.05, 0) is 67.8 Å². The zero-order chi connectivity index (χ0) is 19.2. The van der Waals surface area contributed by atoms with Crippen LogP contribution in [0.1, 0.15) is 53.8 Å². The first-order chi connectivity index (χ1) is 13.8. The molecule has 1 aromatic heterocycles. The quantitative estimate of drug-likeness (QED) is 0.735. The van der Waals surface area contributed by atoms with Crippen LogP contribution in [0.25, 0.3) is 0 Å². The van der Waals surface area contributed by atoms with Crippen molar-refractivity contribution in [2.75, 3.05) is 24.5 Å². The minimum absolute atomic E-state index is 0.0760. The lowest BCUT2D eigenvalue weighted by Gasteiger charge is -2.34. The summed E-state index contributed by atoms with van der Waals surface area (Å²) < 4.78 is 0. The molecule has 2 aromatic rings. The van der Waals surface area contributed by atoms with E-state index in [1.165, 1.54) is 36.2 Å². The summed E-state index contributed by atoms with van der Waals surface area (Å²) in [6.07, 6.45) is 8.21. The molecule has 0 bridgehead atoms. The van der Waals surface area contributed by atoms with Gasteiger partial charge >= 0.3 is 0 Å². The van der Waals surface area contributed by atoms with E-state index in [9.17, 15) is 4.79 Å². The van der Waals surface area contributed by atoms with Gasteiger partial charge in [0.05, 0.1) is 0 Å². The van der Waals surface area contributed by atoms with Gasteiger partial charge in [0.1, 0.15) is 0 Å². The highest BCUT2D eigenvalue weighted by atomic mass is 32.1. The second-order valence-corrected chi connectivity index (χ2v) is 9.08. The Kier molecular flexibility index (Phi) is 6.65. The SMILES string of the molecule is O=C(NC1CCCC1)c1ccc(N2CCC(NCCc3cccs3)CC2)cc1. The molecule has 0 radical (unpaired) electrons. The number of hydrogen-bond donors (Lipinski definition) is 2. The van der Waals surface area contributed by atoms with E-state index in [-0.39, 0.29) is 5.91 Å². The first-order valence-corrected chi connectivity index (χ1v) is 11.6. The van der Waals surface area contributed by atoms with E-state index < -0.39 is 0 Å². The van der Waals surface area contributed by atoms with Crippen LogP contribution in [0.3, 0.4) is 0 Å². The predicted octanol–water partition coefficient (Wildman–Crippen LogP) is 4.22. The summed E-state index contributed by atoms with van der Waals surface area (Å²) in [6.45, 7) is 3.21. The van der Waals surface area contributed by atoms with Gasteiger partial charge in [-0.2, -0.15) is 0 Å². The topological polar surface area (TPSA) is 44.4 Å². The van der Waals surface area contributed by atoms with Crippen molar-refractivity contribution in [2.45, 2.75) is 57.0 Å². The number of anilines is 1. The molecular formula is C23H31N3OS. The van der Waals surface area contributed by atoms with Gasteiger partial charge in [0, 0.05) is 47.8 Å². The minimum Gasteiger partial charge on any atom is -0.371 e. The third-order valence-corrected chi connectivity index (χ3v) is 7.00.